The normalized spacial score (nSPS) is 10.2. The van der Waals surface area contributed by atoms with Gasteiger partial charge in [0.2, 0.25) is 0 Å². The first-order chi connectivity index (χ1) is 11.7. The molecular formula is C17H13N3O4. The first-order valence-electron chi connectivity index (χ1n) is 7.03. The number of ether oxygens (including phenoxy) is 2. The average molecular weight is 323 g/mol. The summed E-state index contributed by atoms with van der Waals surface area (Å²) in [5.41, 5.74) is 1.50. The molecule has 0 radical (unpaired) electrons. The topological polar surface area (TPSA) is 83.3 Å². The van der Waals surface area contributed by atoms with Crippen LogP contribution in [0.3, 0.4) is 0 Å². The molecule has 0 aliphatic carbocycles. The van der Waals surface area contributed by atoms with E-state index in [4.69, 9.17) is 4.74 Å². The molecule has 0 spiro atoms. The number of rotatable bonds is 4. The molecule has 1 heterocycles. The number of benzene rings is 2. The number of hydrogen-bond acceptors (Lipinski definition) is 6. The monoisotopic (exact) mass is 323 g/mol. The molecule has 1 aromatic heterocycles. The molecular weight excluding hydrogens is 310 g/mol. The van der Waals surface area contributed by atoms with E-state index < -0.39 is 11.9 Å². The number of carbonyl (C=O) groups excluding carboxylic acids is 2. The molecule has 3 rings (SSSR count). The van der Waals surface area contributed by atoms with E-state index in [1.807, 2.05) is 0 Å². The van der Waals surface area contributed by atoms with Gasteiger partial charge in [-0.15, -0.1) is 0 Å². The zero-order valence-electron chi connectivity index (χ0n) is 12.7. The molecule has 120 valence electrons. The minimum Gasteiger partial charge on any atom is -0.465 e. The second kappa shape index (κ2) is 6.74. The Kier molecular flexibility index (Phi) is 4.33. The fraction of sp³-hybridized carbons (Fsp3) is 0.0588. The summed E-state index contributed by atoms with van der Waals surface area (Å²) in [5, 5.41) is 4.01. The van der Waals surface area contributed by atoms with E-state index in [-0.39, 0.29) is 0 Å². The zero-order chi connectivity index (χ0) is 16.9. The van der Waals surface area contributed by atoms with E-state index in [1.54, 1.807) is 35.3 Å². The number of methoxy groups -OCH3 is 1. The van der Waals surface area contributed by atoms with E-state index in [9.17, 15) is 9.59 Å². The molecule has 7 nitrogen and oxygen atoms in total. The SMILES string of the molecule is COC(=O)c1ccc(C(=O)Oc2ccc(-n3cncn3)cc2)cc1. The lowest BCUT2D eigenvalue weighted by Gasteiger charge is -2.06. The molecule has 0 saturated heterocycles. The van der Waals surface area contributed by atoms with Gasteiger partial charge in [-0.2, -0.15) is 5.10 Å². The molecule has 0 aliphatic rings. The van der Waals surface area contributed by atoms with Crippen LogP contribution in [0.4, 0.5) is 0 Å². The van der Waals surface area contributed by atoms with Gasteiger partial charge in [0.25, 0.3) is 0 Å². The van der Waals surface area contributed by atoms with Crippen molar-refractivity contribution in [3.05, 3.63) is 72.3 Å². The highest BCUT2D eigenvalue weighted by atomic mass is 16.5. The highest BCUT2D eigenvalue weighted by Crippen LogP contribution is 2.16. The van der Waals surface area contributed by atoms with E-state index >= 15 is 0 Å². The Morgan fingerprint density at radius 3 is 2.08 bits per heavy atom. The third-order valence-electron chi connectivity index (χ3n) is 3.27. The zero-order valence-corrected chi connectivity index (χ0v) is 12.7. The van der Waals surface area contributed by atoms with Crippen molar-refractivity contribution in [1.82, 2.24) is 14.8 Å². The summed E-state index contributed by atoms with van der Waals surface area (Å²) in [6, 6.07) is 12.9. The summed E-state index contributed by atoms with van der Waals surface area (Å²) < 4.78 is 11.5. The highest BCUT2D eigenvalue weighted by Gasteiger charge is 2.11. The quantitative estimate of drug-likeness (QED) is 0.541. The van der Waals surface area contributed by atoms with Crippen molar-refractivity contribution >= 4 is 11.9 Å². The Hall–Kier alpha value is -3.48. The van der Waals surface area contributed by atoms with Crippen molar-refractivity contribution in [3.8, 4) is 11.4 Å². The minimum absolute atomic E-state index is 0.336. The average Bonchev–Trinajstić information content (AvgIpc) is 3.16. The predicted octanol–water partition coefficient (Wildman–Crippen LogP) is 2.27. The summed E-state index contributed by atoms with van der Waals surface area (Å²) in [7, 11) is 1.30. The summed E-state index contributed by atoms with van der Waals surface area (Å²) in [4.78, 5) is 27.3. The molecule has 0 unspecified atom stereocenters. The summed E-state index contributed by atoms with van der Waals surface area (Å²) in [6.07, 6.45) is 3.01. The number of nitrogens with zero attached hydrogens (tertiary/aromatic N) is 3. The standard InChI is InChI=1S/C17H13N3O4/c1-23-16(21)12-2-4-13(5-3-12)17(22)24-15-8-6-14(7-9-15)20-11-18-10-19-20/h2-11H,1H3. The molecule has 0 fully saturated rings. The molecule has 0 bridgehead atoms. The molecule has 0 N–H and O–H groups in total. The highest BCUT2D eigenvalue weighted by molar-refractivity contribution is 5.94. The fourth-order valence-electron chi connectivity index (χ4n) is 2.03. The van der Waals surface area contributed by atoms with Crippen molar-refractivity contribution in [1.29, 1.82) is 0 Å². The molecule has 0 saturated carbocycles. The Labute approximate surface area is 137 Å². The Bertz CT molecular complexity index is 841. The minimum atomic E-state index is -0.514. The van der Waals surface area contributed by atoms with Gasteiger partial charge < -0.3 is 9.47 Å². The summed E-state index contributed by atoms with van der Waals surface area (Å²) in [6.45, 7) is 0. The molecule has 0 amide bonds. The van der Waals surface area contributed by atoms with Gasteiger partial charge in [-0.05, 0) is 48.5 Å². The maximum Gasteiger partial charge on any atom is 0.343 e. The Balaban J connectivity index is 1.69. The molecule has 7 heteroatoms. The summed E-state index contributed by atoms with van der Waals surface area (Å²) >= 11 is 0. The van der Waals surface area contributed by atoms with E-state index in [0.717, 1.165) is 5.69 Å². The van der Waals surface area contributed by atoms with Crippen molar-refractivity contribution in [2.24, 2.45) is 0 Å². The van der Waals surface area contributed by atoms with Crippen molar-refractivity contribution < 1.29 is 19.1 Å². The van der Waals surface area contributed by atoms with Gasteiger partial charge in [-0.1, -0.05) is 0 Å². The lowest BCUT2D eigenvalue weighted by molar-refractivity contribution is 0.0599. The van der Waals surface area contributed by atoms with Crippen LogP contribution in [0, 0.1) is 0 Å². The maximum atomic E-state index is 12.1. The number of aromatic nitrogens is 3. The van der Waals surface area contributed by atoms with Crippen LogP contribution in [0.25, 0.3) is 5.69 Å². The van der Waals surface area contributed by atoms with Crippen LogP contribution < -0.4 is 4.74 Å². The predicted molar refractivity (Wildman–Crippen MR) is 84.1 cm³/mol. The van der Waals surface area contributed by atoms with E-state index in [1.165, 1.54) is 37.7 Å². The van der Waals surface area contributed by atoms with Crippen LogP contribution in [0.5, 0.6) is 5.75 Å². The molecule has 3 aromatic rings. The van der Waals surface area contributed by atoms with Gasteiger partial charge in [0.1, 0.15) is 18.4 Å². The summed E-state index contributed by atoms with van der Waals surface area (Å²) in [5.74, 6) is -0.570. The lowest BCUT2D eigenvalue weighted by Crippen LogP contribution is -2.09. The molecule has 0 atom stereocenters. The van der Waals surface area contributed by atoms with E-state index in [2.05, 4.69) is 14.8 Å². The maximum absolute atomic E-state index is 12.1. The Morgan fingerprint density at radius 1 is 0.917 bits per heavy atom. The van der Waals surface area contributed by atoms with Gasteiger partial charge in [0.15, 0.2) is 0 Å². The van der Waals surface area contributed by atoms with Crippen LogP contribution in [-0.2, 0) is 4.74 Å². The van der Waals surface area contributed by atoms with E-state index in [0.29, 0.717) is 16.9 Å². The van der Waals surface area contributed by atoms with Crippen molar-refractivity contribution in [2.45, 2.75) is 0 Å². The van der Waals surface area contributed by atoms with Crippen molar-refractivity contribution in [3.63, 3.8) is 0 Å². The molecule has 2 aromatic carbocycles. The van der Waals surface area contributed by atoms with Crippen LogP contribution in [0.15, 0.2) is 61.2 Å². The third kappa shape index (κ3) is 3.30. The molecule has 24 heavy (non-hydrogen) atoms. The third-order valence-corrected chi connectivity index (χ3v) is 3.27. The number of esters is 2. The smallest absolute Gasteiger partial charge is 0.343 e. The van der Waals surface area contributed by atoms with Crippen molar-refractivity contribution in [2.75, 3.05) is 7.11 Å². The number of carbonyl (C=O) groups is 2. The van der Waals surface area contributed by atoms with Gasteiger partial charge in [-0.25, -0.2) is 19.3 Å². The molecule has 0 aliphatic heterocycles. The van der Waals surface area contributed by atoms with Gasteiger partial charge in [0.05, 0.1) is 23.9 Å². The second-order valence-corrected chi connectivity index (χ2v) is 4.79. The fourth-order valence-corrected chi connectivity index (χ4v) is 2.03. The second-order valence-electron chi connectivity index (χ2n) is 4.79. The van der Waals surface area contributed by atoms with Crippen LogP contribution >= 0.6 is 0 Å². The number of hydrogen-bond donors (Lipinski definition) is 0. The first-order valence-corrected chi connectivity index (χ1v) is 7.03. The Morgan fingerprint density at radius 2 is 1.54 bits per heavy atom. The first kappa shape index (κ1) is 15.4. The largest absolute Gasteiger partial charge is 0.465 e. The van der Waals surface area contributed by atoms with Gasteiger partial charge in [-0.3, -0.25) is 0 Å². The van der Waals surface area contributed by atoms with Crippen LogP contribution in [0.1, 0.15) is 20.7 Å². The van der Waals surface area contributed by atoms with Gasteiger partial charge in [0, 0.05) is 0 Å². The van der Waals surface area contributed by atoms with Crippen LogP contribution in [0.2, 0.25) is 0 Å². The lowest BCUT2D eigenvalue weighted by atomic mass is 10.1. The van der Waals surface area contributed by atoms with Crippen LogP contribution in [-0.4, -0.2) is 33.8 Å². The van der Waals surface area contributed by atoms with Gasteiger partial charge >= 0.3 is 11.9 Å².